The highest BCUT2D eigenvalue weighted by Gasteiger charge is 2.47. The third-order valence-corrected chi connectivity index (χ3v) is 7.39. The lowest BCUT2D eigenvalue weighted by Gasteiger charge is -2.35. The molecular weight excluding hydrogens is 450 g/mol. The molecule has 1 aliphatic carbocycles. The second-order valence-corrected chi connectivity index (χ2v) is 9.38. The summed E-state index contributed by atoms with van der Waals surface area (Å²) in [7, 11) is 0. The number of nitrogens with zero attached hydrogens (tertiary/aromatic N) is 1. The molecular formula is C31H25NO4. The zero-order valence-corrected chi connectivity index (χ0v) is 19.9. The largest absolute Gasteiger partial charge is 0.459 e. The molecule has 4 aromatic carbocycles. The van der Waals surface area contributed by atoms with Gasteiger partial charge in [0.05, 0.1) is 5.92 Å². The van der Waals surface area contributed by atoms with Gasteiger partial charge in [-0.05, 0) is 40.6 Å². The molecule has 0 bridgehead atoms. The molecule has 36 heavy (non-hydrogen) atoms. The van der Waals surface area contributed by atoms with Gasteiger partial charge in [-0.3, -0.25) is 19.3 Å². The Balaban J connectivity index is 1.40. The molecule has 0 spiro atoms. The van der Waals surface area contributed by atoms with E-state index in [0.717, 1.165) is 22.1 Å². The van der Waals surface area contributed by atoms with E-state index in [9.17, 15) is 14.4 Å². The van der Waals surface area contributed by atoms with Gasteiger partial charge in [0.2, 0.25) is 0 Å². The first-order valence-electron chi connectivity index (χ1n) is 12.3. The molecule has 0 aromatic heterocycles. The molecule has 0 unspecified atom stereocenters. The van der Waals surface area contributed by atoms with E-state index in [1.165, 1.54) is 4.90 Å². The number of benzene rings is 4. The van der Waals surface area contributed by atoms with E-state index in [4.69, 9.17) is 4.74 Å². The molecule has 0 saturated heterocycles. The molecule has 2 aliphatic rings. The van der Waals surface area contributed by atoms with Gasteiger partial charge in [0, 0.05) is 22.9 Å². The Morgan fingerprint density at radius 1 is 0.861 bits per heavy atom. The van der Waals surface area contributed by atoms with Crippen molar-refractivity contribution in [3.8, 4) is 0 Å². The average molecular weight is 476 g/mol. The van der Waals surface area contributed by atoms with E-state index in [0.29, 0.717) is 29.4 Å². The lowest BCUT2D eigenvalue weighted by Crippen LogP contribution is -2.46. The third kappa shape index (κ3) is 3.42. The van der Waals surface area contributed by atoms with Gasteiger partial charge in [-0.25, -0.2) is 0 Å². The van der Waals surface area contributed by atoms with E-state index in [1.54, 1.807) is 12.1 Å². The van der Waals surface area contributed by atoms with E-state index < -0.39 is 18.1 Å². The maximum atomic E-state index is 13.8. The number of rotatable bonds is 5. The van der Waals surface area contributed by atoms with Gasteiger partial charge in [-0.1, -0.05) is 85.8 Å². The van der Waals surface area contributed by atoms with Crippen molar-refractivity contribution in [2.75, 3.05) is 0 Å². The van der Waals surface area contributed by atoms with Crippen molar-refractivity contribution in [3.05, 3.63) is 119 Å². The number of hydrogen-bond acceptors (Lipinski definition) is 4. The van der Waals surface area contributed by atoms with Crippen LogP contribution in [-0.4, -0.2) is 28.8 Å². The van der Waals surface area contributed by atoms with E-state index in [-0.39, 0.29) is 17.8 Å². The summed E-state index contributed by atoms with van der Waals surface area (Å²) in [4.78, 5) is 42.4. The molecule has 5 heteroatoms. The predicted octanol–water partition coefficient (Wildman–Crippen LogP) is 5.84. The van der Waals surface area contributed by atoms with E-state index >= 15 is 0 Å². The summed E-state index contributed by atoms with van der Waals surface area (Å²) < 4.78 is 6.14. The first kappa shape index (κ1) is 22.2. The predicted molar refractivity (Wildman–Crippen MR) is 137 cm³/mol. The smallest absolute Gasteiger partial charge is 0.313 e. The molecule has 3 atom stereocenters. The summed E-state index contributed by atoms with van der Waals surface area (Å²) >= 11 is 0. The SMILES string of the molecule is CC[C@H](C(=O)O[C@@H]1Cc2ccccc2[C@@H]1N1C(=O)c2cccc3cccc(c23)C1=O)c1ccccc1. The molecule has 178 valence electrons. The lowest BCUT2D eigenvalue weighted by atomic mass is 9.92. The second kappa shape index (κ2) is 8.76. The zero-order chi connectivity index (χ0) is 24.8. The van der Waals surface area contributed by atoms with Crippen molar-refractivity contribution in [2.24, 2.45) is 0 Å². The summed E-state index contributed by atoms with van der Waals surface area (Å²) in [6.07, 6.45) is 0.371. The van der Waals surface area contributed by atoms with Gasteiger partial charge in [0.15, 0.2) is 0 Å². The Bertz CT molecular complexity index is 1460. The van der Waals surface area contributed by atoms with Crippen LogP contribution in [0.5, 0.6) is 0 Å². The van der Waals surface area contributed by atoms with Crippen molar-refractivity contribution < 1.29 is 19.1 Å². The monoisotopic (exact) mass is 475 g/mol. The highest BCUT2D eigenvalue weighted by Crippen LogP contribution is 2.43. The number of carbonyl (C=O) groups excluding carboxylic acids is 3. The molecule has 0 saturated carbocycles. The molecule has 0 N–H and O–H groups in total. The van der Waals surface area contributed by atoms with E-state index in [2.05, 4.69) is 0 Å². The minimum Gasteiger partial charge on any atom is -0.459 e. The Morgan fingerprint density at radius 2 is 1.50 bits per heavy atom. The Kier molecular flexibility index (Phi) is 5.41. The van der Waals surface area contributed by atoms with Crippen molar-refractivity contribution in [1.29, 1.82) is 0 Å². The first-order valence-corrected chi connectivity index (χ1v) is 12.3. The van der Waals surface area contributed by atoms with Crippen molar-refractivity contribution in [3.63, 3.8) is 0 Å². The van der Waals surface area contributed by atoms with Gasteiger partial charge in [0.1, 0.15) is 12.1 Å². The van der Waals surface area contributed by atoms with Crippen LogP contribution in [0.15, 0.2) is 91.0 Å². The number of ether oxygens (including phenoxy) is 1. The highest BCUT2D eigenvalue weighted by molar-refractivity contribution is 6.25. The first-order chi connectivity index (χ1) is 17.6. The van der Waals surface area contributed by atoms with Gasteiger partial charge < -0.3 is 4.74 Å². The van der Waals surface area contributed by atoms with Crippen molar-refractivity contribution >= 4 is 28.6 Å². The normalized spacial score (nSPS) is 19.3. The number of amides is 2. The zero-order valence-electron chi connectivity index (χ0n) is 19.9. The summed E-state index contributed by atoms with van der Waals surface area (Å²) in [6.45, 7) is 1.95. The fourth-order valence-electron chi connectivity index (χ4n) is 5.71. The molecule has 6 rings (SSSR count). The molecule has 1 aliphatic heterocycles. The van der Waals surface area contributed by atoms with Gasteiger partial charge in [0.25, 0.3) is 11.8 Å². The van der Waals surface area contributed by atoms with Crippen molar-refractivity contribution in [2.45, 2.75) is 37.8 Å². The maximum absolute atomic E-state index is 13.8. The second-order valence-electron chi connectivity index (χ2n) is 9.38. The van der Waals surface area contributed by atoms with Crippen LogP contribution in [0.25, 0.3) is 10.8 Å². The Morgan fingerprint density at radius 3 is 2.17 bits per heavy atom. The Hall–Kier alpha value is -4.25. The van der Waals surface area contributed by atoms with E-state index in [1.807, 2.05) is 85.8 Å². The standard InChI is InChI=1S/C31H25NO4/c1-2-22(19-10-4-3-5-11-19)31(35)36-26-18-21-12-6-7-15-23(21)28(26)32-29(33)24-16-8-13-20-14-9-17-25(27(20)24)30(32)34/h3-17,22,26,28H,2,18H2,1H3/t22-,26+,28-/m0/s1. The fourth-order valence-corrected chi connectivity index (χ4v) is 5.71. The van der Waals surface area contributed by atoms with Gasteiger partial charge in [-0.2, -0.15) is 0 Å². The molecule has 4 aromatic rings. The van der Waals surface area contributed by atoms with Crippen LogP contribution in [0.1, 0.15) is 62.7 Å². The molecule has 1 heterocycles. The number of esters is 1. The molecule has 0 fully saturated rings. The number of hydrogen-bond donors (Lipinski definition) is 0. The maximum Gasteiger partial charge on any atom is 0.313 e. The van der Waals surface area contributed by atoms with Crippen LogP contribution in [0.3, 0.4) is 0 Å². The van der Waals surface area contributed by atoms with Gasteiger partial charge in [-0.15, -0.1) is 0 Å². The summed E-state index contributed by atoms with van der Waals surface area (Å²) in [6, 6.07) is 27.6. The van der Waals surface area contributed by atoms with Crippen LogP contribution >= 0.6 is 0 Å². The average Bonchev–Trinajstić information content (AvgIpc) is 3.26. The minimum absolute atomic E-state index is 0.342. The molecule has 0 radical (unpaired) electrons. The fraction of sp³-hybridized carbons (Fsp3) is 0.194. The molecule has 2 amide bonds. The number of imide groups is 1. The van der Waals surface area contributed by atoms with Gasteiger partial charge >= 0.3 is 5.97 Å². The summed E-state index contributed by atoms with van der Waals surface area (Å²) in [5.74, 6) is -1.48. The minimum atomic E-state index is -0.693. The number of carbonyl (C=O) groups is 3. The quantitative estimate of drug-likeness (QED) is 0.269. The van der Waals surface area contributed by atoms with Crippen LogP contribution in [0, 0.1) is 0 Å². The molecule has 5 nitrogen and oxygen atoms in total. The van der Waals surface area contributed by atoms with Crippen LogP contribution < -0.4 is 0 Å². The Labute approximate surface area is 209 Å². The summed E-state index contributed by atoms with van der Waals surface area (Å²) in [5, 5.41) is 1.54. The third-order valence-electron chi connectivity index (χ3n) is 7.39. The number of fused-ring (bicyclic) bond motifs is 1. The topological polar surface area (TPSA) is 63.7 Å². The highest BCUT2D eigenvalue weighted by atomic mass is 16.5. The van der Waals surface area contributed by atoms with Crippen LogP contribution in [0.4, 0.5) is 0 Å². The van der Waals surface area contributed by atoms with Crippen LogP contribution in [-0.2, 0) is 16.0 Å². The lowest BCUT2D eigenvalue weighted by molar-refractivity contribution is -0.153. The van der Waals surface area contributed by atoms with Crippen molar-refractivity contribution in [1.82, 2.24) is 4.90 Å². The summed E-state index contributed by atoms with van der Waals surface area (Å²) in [5.41, 5.74) is 3.70. The van der Waals surface area contributed by atoms with Crippen LogP contribution in [0.2, 0.25) is 0 Å².